The average molecular weight is 591 g/mol. The molecular weight excluding hydrogens is 564 g/mol. The van der Waals surface area contributed by atoms with Crippen LogP contribution in [0.3, 0.4) is 0 Å². The third kappa shape index (κ3) is 9.99. The van der Waals surface area contributed by atoms with Gasteiger partial charge in [-0.25, -0.2) is 9.59 Å². The number of H-pyrrole nitrogens is 1. The Hall–Kier alpha value is -1.73. The zero-order valence-electron chi connectivity index (χ0n) is 16.2. The van der Waals surface area contributed by atoms with Gasteiger partial charge in [-0.15, -0.1) is 5.21 Å². The summed E-state index contributed by atoms with van der Waals surface area (Å²) in [6, 6.07) is 7.15. The second-order valence-corrected chi connectivity index (χ2v) is 9.24. The number of aliphatic carboxylic acids is 1. The summed E-state index contributed by atoms with van der Waals surface area (Å²) in [4.78, 5) is 22.7. The van der Waals surface area contributed by atoms with Gasteiger partial charge in [0.25, 0.3) is 0 Å². The van der Waals surface area contributed by atoms with Crippen molar-refractivity contribution < 1.29 is 41.8 Å². The summed E-state index contributed by atoms with van der Waals surface area (Å²) in [6.07, 6.45) is 5.97. The van der Waals surface area contributed by atoms with Gasteiger partial charge in [-0.05, 0) is 34.3 Å². The van der Waals surface area contributed by atoms with Crippen molar-refractivity contribution in [2.75, 3.05) is 18.5 Å². The van der Waals surface area contributed by atoms with Crippen LogP contribution < -0.4 is 5.32 Å². The van der Waals surface area contributed by atoms with Gasteiger partial charge in [0.15, 0.2) is 6.04 Å². The van der Waals surface area contributed by atoms with E-state index in [1.807, 2.05) is 0 Å². The molecule has 1 heterocycles. The van der Waals surface area contributed by atoms with E-state index in [1.54, 1.807) is 30.3 Å². The SMILES string of the molecule is CC[PH+](CC)CC.O=C(N[C@H](C(=O)O)c1ccccc1)OCc1[c-]nn[nH]1.[Au+]. The first-order chi connectivity index (χ1) is 13.0. The molecule has 0 aliphatic rings. The van der Waals surface area contributed by atoms with Crippen LogP contribution in [-0.2, 0) is 38.5 Å². The van der Waals surface area contributed by atoms with E-state index in [1.165, 1.54) is 18.5 Å². The fraction of sp³-hybridized carbons (Fsp3) is 0.444. The van der Waals surface area contributed by atoms with Gasteiger partial charge in [-0.3, -0.25) is 5.10 Å². The number of carboxylic acid groups (broad SMARTS) is 1. The molecule has 0 saturated heterocycles. The Morgan fingerprint density at radius 2 is 1.82 bits per heavy atom. The number of benzene rings is 1. The Labute approximate surface area is 182 Å². The normalized spacial score (nSPS) is 10.9. The van der Waals surface area contributed by atoms with Crippen LogP contribution in [0.5, 0.6) is 0 Å². The van der Waals surface area contributed by atoms with E-state index in [-0.39, 0.29) is 36.9 Å². The van der Waals surface area contributed by atoms with Crippen LogP contribution in [0.4, 0.5) is 4.79 Å². The number of aromatic amines is 1. The van der Waals surface area contributed by atoms with Gasteiger partial charge in [-0.2, -0.15) is 0 Å². The van der Waals surface area contributed by atoms with Crippen molar-refractivity contribution in [3.05, 3.63) is 47.8 Å². The molecule has 2 aromatic rings. The maximum Gasteiger partial charge on any atom is 1.00 e. The van der Waals surface area contributed by atoms with Crippen LogP contribution in [0.25, 0.3) is 0 Å². The standard InChI is InChI=1S/C12H11N4O4.C6H15P.Au/c17-11(18)10(8-4-2-1-3-5-8)14-12(19)20-7-9-6-13-16-15-9;1-4-7(5-2)6-3;/h1-5,10H,7H2,(H,14,19)(H,17,18)(H,13,15,16);4-6H2,1-3H3;/q-1;;+1/p+1/t10-;;/m0../s1. The topological polar surface area (TPSA) is 117 Å². The largest absolute Gasteiger partial charge is 1.00 e. The van der Waals surface area contributed by atoms with E-state index in [9.17, 15) is 9.59 Å². The van der Waals surface area contributed by atoms with Crippen LogP contribution in [0.1, 0.15) is 38.1 Å². The number of hydrogen-bond acceptors (Lipinski definition) is 5. The molecule has 0 radical (unpaired) electrons. The first-order valence-corrected chi connectivity index (χ1v) is 11.0. The molecule has 0 aliphatic heterocycles. The molecule has 1 aromatic heterocycles. The van der Waals surface area contributed by atoms with Crippen molar-refractivity contribution in [3.63, 3.8) is 0 Å². The molecule has 1 atom stereocenters. The number of nitrogens with one attached hydrogen (secondary N) is 2. The Balaban J connectivity index is 0.000000786. The first kappa shape index (κ1) is 26.3. The molecule has 1 amide bonds. The van der Waals surface area contributed by atoms with E-state index in [2.05, 4.69) is 47.7 Å². The molecule has 8 nitrogen and oxygen atoms in total. The zero-order chi connectivity index (χ0) is 20.1. The second-order valence-electron chi connectivity index (χ2n) is 5.62. The van der Waals surface area contributed by atoms with Gasteiger partial charge >= 0.3 is 34.4 Å². The van der Waals surface area contributed by atoms with Crippen molar-refractivity contribution in [2.45, 2.75) is 33.4 Å². The number of nitrogens with zero attached hydrogens (tertiary/aromatic N) is 2. The second kappa shape index (κ2) is 15.2. The molecule has 28 heavy (non-hydrogen) atoms. The summed E-state index contributed by atoms with van der Waals surface area (Å²) >= 11 is 0. The Morgan fingerprint density at radius 3 is 2.25 bits per heavy atom. The summed E-state index contributed by atoms with van der Waals surface area (Å²) in [5, 5.41) is 20.7. The van der Waals surface area contributed by atoms with Crippen molar-refractivity contribution in [2.24, 2.45) is 0 Å². The van der Waals surface area contributed by atoms with E-state index in [0.717, 1.165) is 0 Å². The number of aromatic nitrogens is 3. The maximum absolute atomic E-state index is 11.6. The molecule has 0 spiro atoms. The predicted octanol–water partition coefficient (Wildman–Crippen LogP) is 2.91. The van der Waals surface area contributed by atoms with Gasteiger partial charge < -0.3 is 26.5 Å². The number of alkyl carbamates (subject to hydrolysis) is 1. The number of hydrogen-bond donors (Lipinski definition) is 3. The molecule has 0 fully saturated rings. The first-order valence-electron chi connectivity index (χ1n) is 8.83. The zero-order valence-corrected chi connectivity index (χ0v) is 19.3. The monoisotopic (exact) mass is 591 g/mol. The molecule has 0 aliphatic carbocycles. The number of ether oxygens (including phenoxy) is 1. The molecule has 3 N–H and O–H groups in total. The molecule has 1 aromatic carbocycles. The van der Waals surface area contributed by atoms with Crippen LogP contribution >= 0.6 is 7.92 Å². The molecule has 0 bridgehead atoms. The summed E-state index contributed by atoms with van der Waals surface area (Å²) in [6.45, 7) is 6.80. The van der Waals surface area contributed by atoms with E-state index < -0.39 is 18.1 Å². The van der Waals surface area contributed by atoms with Crippen LogP contribution in [0.15, 0.2) is 30.3 Å². The maximum atomic E-state index is 11.6. The Bertz CT molecular complexity index is 664. The molecule has 158 valence electrons. The van der Waals surface area contributed by atoms with Gasteiger partial charge in [0, 0.05) is 0 Å². The van der Waals surface area contributed by atoms with E-state index in [4.69, 9.17) is 9.84 Å². The number of carbonyl (C=O) groups excluding carboxylic acids is 1. The molecule has 10 heteroatoms. The molecular formula is C18H27AuN4O4P+. The summed E-state index contributed by atoms with van der Waals surface area (Å²) < 4.78 is 4.83. The molecule has 0 saturated carbocycles. The van der Waals surface area contributed by atoms with Gasteiger partial charge in [0.05, 0.1) is 18.5 Å². The number of carboxylic acids is 1. The fourth-order valence-corrected chi connectivity index (χ4v) is 3.74. The fourth-order valence-electron chi connectivity index (χ4n) is 2.24. The Kier molecular flexibility index (Phi) is 14.3. The van der Waals surface area contributed by atoms with E-state index in [0.29, 0.717) is 11.3 Å². The smallest absolute Gasteiger partial charge is 0.479 e. The quantitative estimate of drug-likeness (QED) is 0.247. The van der Waals surface area contributed by atoms with Crippen LogP contribution in [0, 0.1) is 6.20 Å². The van der Waals surface area contributed by atoms with Crippen molar-refractivity contribution in [3.8, 4) is 0 Å². The van der Waals surface area contributed by atoms with Crippen LogP contribution in [-0.4, -0.2) is 51.1 Å². The third-order valence-corrected chi connectivity index (χ3v) is 6.91. The van der Waals surface area contributed by atoms with Crippen LogP contribution in [0.2, 0.25) is 0 Å². The van der Waals surface area contributed by atoms with Crippen molar-refractivity contribution in [1.29, 1.82) is 0 Å². The molecule has 0 unspecified atom stereocenters. The molecule has 2 rings (SSSR count). The number of carbonyl (C=O) groups is 2. The van der Waals surface area contributed by atoms with Gasteiger partial charge in [0.1, 0.15) is 6.61 Å². The average Bonchev–Trinajstić information content (AvgIpc) is 3.20. The van der Waals surface area contributed by atoms with E-state index >= 15 is 0 Å². The summed E-state index contributed by atoms with van der Waals surface area (Å²) in [7, 11) is 0.137. The van der Waals surface area contributed by atoms with Crippen molar-refractivity contribution in [1.82, 2.24) is 20.7 Å². The minimum absolute atomic E-state index is 0. The summed E-state index contributed by atoms with van der Waals surface area (Å²) in [5.74, 6) is -1.18. The van der Waals surface area contributed by atoms with Crippen molar-refractivity contribution >= 4 is 20.0 Å². The number of rotatable bonds is 8. The number of amides is 1. The Morgan fingerprint density at radius 1 is 1.21 bits per heavy atom. The predicted molar refractivity (Wildman–Crippen MR) is 105 cm³/mol. The van der Waals surface area contributed by atoms with Gasteiger partial charge in [0.2, 0.25) is 0 Å². The summed E-state index contributed by atoms with van der Waals surface area (Å²) in [5.41, 5.74) is 0.832. The minimum atomic E-state index is -1.18. The minimum Gasteiger partial charge on any atom is -0.479 e. The van der Waals surface area contributed by atoms with Gasteiger partial charge in [-0.1, -0.05) is 36.0 Å². The third-order valence-electron chi connectivity index (χ3n) is 3.91.